The minimum atomic E-state index is -2.83. The van der Waals surface area contributed by atoms with Gasteiger partial charge in [0.05, 0.1) is 11.5 Å². The van der Waals surface area contributed by atoms with Crippen molar-refractivity contribution in [1.82, 2.24) is 10.2 Å². The van der Waals surface area contributed by atoms with Crippen LogP contribution in [0.3, 0.4) is 0 Å². The van der Waals surface area contributed by atoms with E-state index in [9.17, 15) is 8.42 Å². The van der Waals surface area contributed by atoms with Crippen molar-refractivity contribution in [3.8, 4) is 0 Å². The highest BCUT2D eigenvalue weighted by atomic mass is 32.2. The minimum Gasteiger partial charge on any atom is -0.311 e. The molecule has 2 atom stereocenters. The fraction of sp³-hybridized carbons (Fsp3) is 1.00. The Labute approximate surface area is 105 Å². The minimum absolute atomic E-state index is 0.151. The molecule has 2 saturated heterocycles. The Morgan fingerprint density at radius 2 is 1.88 bits per heavy atom. The smallest absolute Gasteiger partial charge is 0.153 e. The molecule has 0 aromatic rings. The summed E-state index contributed by atoms with van der Waals surface area (Å²) < 4.78 is 23.6. The van der Waals surface area contributed by atoms with Gasteiger partial charge in [-0.05, 0) is 38.9 Å². The van der Waals surface area contributed by atoms with E-state index in [2.05, 4.69) is 17.1 Å². The lowest BCUT2D eigenvalue weighted by molar-refractivity contribution is 0.155. The van der Waals surface area contributed by atoms with E-state index in [1.807, 2.05) is 0 Å². The van der Waals surface area contributed by atoms with Gasteiger partial charge in [-0.25, -0.2) is 8.42 Å². The van der Waals surface area contributed by atoms with Crippen LogP contribution in [-0.4, -0.2) is 56.5 Å². The van der Waals surface area contributed by atoms with E-state index in [1.165, 1.54) is 19.3 Å². The van der Waals surface area contributed by atoms with Gasteiger partial charge in [0.1, 0.15) is 0 Å². The second-order valence-corrected chi connectivity index (χ2v) is 7.46. The van der Waals surface area contributed by atoms with Crippen molar-refractivity contribution in [2.75, 3.05) is 31.1 Å². The zero-order valence-electron chi connectivity index (χ0n) is 10.7. The summed E-state index contributed by atoms with van der Waals surface area (Å²) in [4.78, 5) is 2.39. The van der Waals surface area contributed by atoms with Crippen LogP contribution in [0.1, 0.15) is 32.6 Å². The summed E-state index contributed by atoms with van der Waals surface area (Å²) in [6.07, 6.45) is 4.79. The maximum absolute atomic E-state index is 11.8. The molecule has 0 aromatic carbocycles. The third-order valence-corrected chi connectivity index (χ3v) is 5.56. The molecule has 2 rings (SSSR count). The molecule has 0 saturated carbocycles. The number of hydrogen-bond donors (Lipinski definition) is 1. The monoisotopic (exact) mass is 260 g/mol. The number of nitrogens with one attached hydrogen (secondary N) is 1. The van der Waals surface area contributed by atoms with Gasteiger partial charge in [-0.2, -0.15) is 0 Å². The van der Waals surface area contributed by atoms with Gasteiger partial charge in [0.15, 0.2) is 9.84 Å². The van der Waals surface area contributed by atoms with Crippen LogP contribution in [0.2, 0.25) is 0 Å². The van der Waals surface area contributed by atoms with Crippen molar-refractivity contribution in [2.24, 2.45) is 0 Å². The number of likely N-dealkylation sites (tertiary alicyclic amines) is 1. The summed E-state index contributed by atoms with van der Waals surface area (Å²) in [5, 5.41) is 3.41. The number of sulfone groups is 1. The van der Waals surface area contributed by atoms with Crippen LogP contribution in [0.4, 0.5) is 0 Å². The maximum Gasteiger partial charge on any atom is 0.153 e. The van der Waals surface area contributed by atoms with Crippen LogP contribution in [-0.2, 0) is 9.84 Å². The Morgan fingerprint density at radius 1 is 1.18 bits per heavy atom. The molecule has 0 amide bonds. The van der Waals surface area contributed by atoms with E-state index in [0.29, 0.717) is 11.5 Å². The summed E-state index contributed by atoms with van der Waals surface area (Å²) >= 11 is 0. The van der Waals surface area contributed by atoms with Crippen molar-refractivity contribution in [1.29, 1.82) is 0 Å². The Bertz CT molecular complexity index is 336. The first-order valence-corrected chi connectivity index (χ1v) is 8.62. The average molecular weight is 260 g/mol. The first-order chi connectivity index (χ1) is 8.12. The molecule has 0 unspecified atom stereocenters. The van der Waals surface area contributed by atoms with Gasteiger partial charge in [0.2, 0.25) is 0 Å². The van der Waals surface area contributed by atoms with Crippen molar-refractivity contribution in [3.05, 3.63) is 0 Å². The SMILES string of the molecule is CCCN[C@H]1CS(=O)(=O)C[C@@H]1N1CCCCC1. The molecular weight excluding hydrogens is 236 g/mol. The van der Waals surface area contributed by atoms with Gasteiger partial charge >= 0.3 is 0 Å². The lowest BCUT2D eigenvalue weighted by atomic mass is 10.0. The molecule has 2 aliphatic rings. The second kappa shape index (κ2) is 5.67. The molecule has 4 nitrogen and oxygen atoms in total. The van der Waals surface area contributed by atoms with Gasteiger partial charge in [0.25, 0.3) is 0 Å². The summed E-state index contributed by atoms with van der Waals surface area (Å²) in [6.45, 7) is 5.19. The molecule has 1 N–H and O–H groups in total. The third-order valence-electron chi connectivity index (χ3n) is 3.84. The number of hydrogen-bond acceptors (Lipinski definition) is 4. The van der Waals surface area contributed by atoms with Crippen LogP contribution >= 0.6 is 0 Å². The van der Waals surface area contributed by atoms with Crippen molar-refractivity contribution in [2.45, 2.75) is 44.7 Å². The fourth-order valence-corrected chi connectivity index (χ4v) is 4.95. The first kappa shape index (κ1) is 13.3. The molecule has 5 heteroatoms. The fourth-order valence-electron chi connectivity index (χ4n) is 2.96. The summed E-state index contributed by atoms with van der Waals surface area (Å²) in [5.41, 5.74) is 0. The molecule has 17 heavy (non-hydrogen) atoms. The zero-order valence-corrected chi connectivity index (χ0v) is 11.5. The number of piperidine rings is 1. The van der Waals surface area contributed by atoms with Crippen LogP contribution < -0.4 is 5.32 Å². The maximum atomic E-state index is 11.8. The van der Waals surface area contributed by atoms with Crippen LogP contribution in [0.25, 0.3) is 0 Å². The van der Waals surface area contributed by atoms with E-state index >= 15 is 0 Å². The van der Waals surface area contributed by atoms with E-state index < -0.39 is 9.84 Å². The summed E-state index contributed by atoms with van der Waals surface area (Å²) in [6, 6.07) is 0.366. The largest absolute Gasteiger partial charge is 0.311 e. The molecule has 0 aliphatic carbocycles. The van der Waals surface area contributed by atoms with Gasteiger partial charge in [0, 0.05) is 12.1 Å². The molecular formula is C12H24N2O2S. The molecule has 100 valence electrons. The highest BCUT2D eigenvalue weighted by molar-refractivity contribution is 7.91. The van der Waals surface area contributed by atoms with Gasteiger partial charge in [-0.15, -0.1) is 0 Å². The normalized spacial score (nSPS) is 33.9. The van der Waals surface area contributed by atoms with E-state index in [0.717, 1.165) is 26.1 Å². The lowest BCUT2D eigenvalue weighted by Crippen LogP contribution is -2.51. The Kier molecular flexibility index (Phi) is 4.44. The number of nitrogens with zero attached hydrogens (tertiary/aromatic N) is 1. The van der Waals surface area contributed by atoms with Gasteiger partial charge in [-0.1, -0.05) is 13.3 Å². The van der Waals surface area contributed by atoms with E-state index in [1.54, 1.807) is 0 Å². The molecule has 2 heterocycles. The lowest BCUT2D eigenvalue weighted by Gasteiger charge is -2.35. The predicted octanol–water partition coefficient (Wildman–Crippen LogP) is 0.638. The number of rotatable bonds is 4. The third kappa shape index (κ3) is 3.42. The topological polar surface area (TPSA) is 49.4 Å². The van der Waals surface area contributed by atoms with Crippen molar-refractivity contribution in [3.63, 3.8) is 0 Å². The first-order valence-electron chi connectivity index (χ1n) is 6.80. The highest BCUT2D eigenvalue weighted by Crippen LogP contribution is 2.22. The molecule has 0 radical (unpaired) electrons. The van der Waals surface area contributed by atoms with Crippen molar-refractivity contribution < 1.29 is 8.42 Å². The zero-order chi connectivity index (χ0) is 12.3. The van der Waals surface area contributed by atoms with Crippen LogP contribution in [0.15, 0.2) is 0 Å². The molecule has 0 bridgehead atoms. The Balaban J connectivity index is 2.01. The highest BCUT2D eigenvalue weighted by Gasteiger charge is 2.40. The standard InChI is InChI=1S/C12H24N2O2S/c1-2-6-13-11-9-17(15,16)10-12(11)14-7-4-3-5-8-14/h11-13H,2-10H2,1H3/t11-,12-/m0/s1. The summed E-state index contributed by atoms with van der Waals surface area (Å²) in [5.74, 6) is 0.683. The van der Waals surface area contributed by atoms with Crippen LogP contribution in [0.5, 0.6) is 0 Å². The molecule has 0 spiro atoms. The van der Waals surface area contributed by atoms with E-state index in [-0.39, 0.29) is 12.1 Å². The average Bonchev–Trinajstić information content (AvgIpc) is 2.63. The van der Waals surface area contributed by atoms with Gasteiger partial charge in [-0.3, -0.25) is 4.90 Å². The van der Waals surface area contributed by atoms with Gasteiger partial charge < -0.3 is 5.32 Å². The predicted molar refractivity (Wildman–Crippen MR) is 69.9 cm³/mol. The Morgan fingerprint density at radius 3 is 2.53 bits per heavy atom. The molecule has 2 aliphatic heterocycles. The second-order valence-electron chi connectivity index (χ2n) is 5.30. The summed E-state index contributed by atoms with van der Waals surface area (Å²) in [7, 11) is -2.83. The van der Waals surface area contributed by atoms with E-state index in [4.69, 9.17) is 0 Å². The van der Waals surface area contributed by atoms with Crippen LogP contribution in [0, 0.1) is 0 Å². The quantitative estimate of drug-likeness (QED) is 0.806. The Hall–Kier alpha value is -0.130. The molecule has 0 aromatic heterocycles. The molecule has 2 fully saturated rings. The van der Waals surface area contributed by atoms with Crippen molar-refractivity contribution >= 4 is 9.84 Å².